The fourth-order valence-electron chi connectivity index (χ4n) is 3.66. The van der Waals surface area contributed by atoms with Crippen LogP contribution in [0.15, 0.2) is 30.3 Å². The van der Waals surface area contributed by atoms with Crippen LogP contribution in [0.1, 0.15) is 58.4 Å². The van der Waals surface area contributed by atoms with Gasteiger partial charge in [0, 0.05) is 6.54 Å². The second kappa shape index (κ2) is 9.23. The number of amides is 1. The lowest BCUT2D eigenvalue weighted by atomic mass is 9.78. The van der Waals surface area contributed by atoms with Crippen LogP contribution in [-0.2, 0) is 4.74 Å². The summed E-state index contributed by atoms with van der Waals surface area (Å²) in [6, 6.07) is 10.7. The molecule has 0 spiro atoms. The van der Waals surface area contributed by atoms with Crippen molar-refractivity contribution < 1.29 is 9.53 Å². The molecule has 4 heteroatoms. The number of carbonyl (C=O) groups excluding carboxylic acids is 1. The maximum absolute atomic E-state index is 12.1. The van der Waals surface area contributed by atoms with E-state index < -0.39 is 5.60 Å². The number of benzene rings is 1. The van der Waals surface area contributed by atoms with Gasteiger partial charge in [0.15, 0.2) is 0 Å². The van der Waals surface area contributed by atoms with Gasteiger partial charge in [0.05, 0.1) is 0 Å². The highest BCUT2D eigenvalue weighted by atomic mass is 16.6. The van der Waals surface area contributed by atoms with Gasteiger partial charge in [-0.1, -0.05) is 37.3 Å². The lowest BCUT2D eigenvalue weighted by Crippen LogP contribution is -2.40. The lowest BCUT2D eigenvalue weighted by molar-refractivity contribution is 0.0507. The Kier molecular flexibility index (Phi) is 7.30. The van der Waals surface area contributed by atoms with Crippen molar-refractivity contribution >= 4 is 6.09 Å². The Morgan fingerprint density at radius 1 is 1.24 bits per heavy atom. The zero-order valence-corrected chi connectivity index (χ0v) is 16.2. The van der Waals surface area contributed by atoms with E-state index in [1.54, 1.807) is 0 Å². The summed E-state index contributed by atoms with van der Waals surface area (Å²) in [5.41, 5.74) is 0.921. The minimum atomic E-state index is -0.453. The molecule has 2 atom stereocenters. The molecule has 1 aromatic rings. The van der Waals surface area contributed by atoms with Gasteiger partial charge in [0.2, 0.25) is 0 Å². The number of hydrogen-bond acceptors (Lipinski definition) is 3. The molecule has 2 N–H and O–H groups in total. The highest BCUT2D eigenvalue weighted by Crippen LogP contribution is 2.31. The van der Waals surface area contributed by atoms with Crippen molar-refractivity contribution in [3.05, 3.63) is 35.9 Å². The Balaban J connectivity index is 1.96. The van der Waals surface area contributed by atoms with E-state index in [-0.39, 0.29) is 6.09 Å². The summed E-state index contributed by atoms with van der Waals surface area (Å²) >= 11 is 0. The van der Waals surface area contributed by atoms with Gasteiger partial charge in [-0.15, -0.1) is 0 Å². The third-order valence-corrected chi connectivity index (χ3v) is 4.98. The van der Waals surface area contributed by atoms with Gasteiger partial charge >= 0.3 is 6.09 Å². The van der Waals surface area contributed by atoms with Crippen LogP contribution in [0.25, 0.3) is 0 Å². The van der Waals surface area contributed by atoms with Crippen LogP contribution >= 0.6 is 0 Å². The van der Waals surface area contributed by atoms with Gasteiger partial charge in [-0.25, -0.2) is 4.79 Å². The normalized spacial score (nSPS) is 18.4. The van der Waals surface area contributed by atoms with Gasteiger partial charge < -0.3 is 15.4 Å². The molecule has 1 aliphatic heterocycles. The molecule has 1 aromatic carbocycles. The molecular weight excluding hydrogens is 312 g/mol. The van der Waals surface area contributed by atoms with E-state index in [0.29, 0.717) is 24.3 Å². The number of carbonyl (C=O) groups is 1. The molecule has 1 aliphatic rings. The first-order valence-corrected chi connectivity index (χ1v) is 9.57. The van der Waals surface area contributed by atoms with Crippen LogP contribution in [0.3, 0.4) is 0 Å². The Bertz CT molecular complexity index is 518. The summed E-state index contributed by atoms with van der Waals surface area (Å²) in [5.74, 6) is 1.62. The molecule has 0 aliphatic carbocycles. The molecule has 2 unspecified atom stereocenters. The Morgan fingerprint density at radius 2 is 1.88 bits per heavy atom. The van der Waals surface area contributed by atoms with E-state index in [2.05, 4.69) is 47.9 Å². The fourth-order valence-corrected chi connectivity index (χ4v) is 3.66. The van der Waals surface area contributed by atoms with Gasteiger partial charge in [-0.3, -0.25) is 0 Å². The third-order valence-electron chi connectivity index (χ3n) is 4.98. The van der Waals surface area contributed by atoms with Crippen molar-refractivity contribution in [2.24, 2.45) is 11.8 Å². The first-order chi connectivity index (χ1) is 11.8. The summed E-state index contributed by atoms with van der Waals surface area (Å²) in [6.45, 7) is 10.8. The second-order valence-corrected chi connectivity index (χ2v) is 8.28. The topological polar surface area (TPSA) is 50.4 Å². The molecule has 4 nitrogen and oxygen atoms in total. The smallest absolute Gasteiger partial charge is 0.407 e. The summed E-state index contributed by atoms with van der Waals surface area (Å²) in [7, 11) is 0. The first kappa shape index (κ1) is 19.8. The van der Waals surface area contributed by atoms with E-state index in [4.69, 9.17) is 4.74 Å². The molecule has 0 radical (unpaired) electrons. The lowest BCUT2D eigenvalue weighted by Gasteiger charge is -2.33. The highest BCUT2D eigenvalue weighted by molar-refractivity contribution is 5.67. The van der Waals surface area contributed by atoms with E-state index in [9.17, 15) is 4.79 Å². The van der Waals surface area contributed by atoms with E-state index in [1.807, 2.05) is 20.8 Å². The molecule has 1 amide bonds. The van der Waals surface area contributed by atoms with Gasteiger partial charge in [0.25, 0.3) is 0 Å². The maximum Gasteiger partial charge on any atom is 0.407 e. The quantitative estimate of drug-likeness (QED) is 0.806. The van der Waals surface area contributed by atoms with Crippen LogP contribution in [-0.4, -0.2) is 31.3 Å². The fraction of sp³-hybridized carbons (Fsp3) is 0.667. The van der Waals surface area contributed by atoms with Crippen molar-refractivity contribution in [1.29, 1.82) is 0 Å². The standard InChI is InChI=1S/C21H34N2O2/c1-16(17-8-6-5-7-9-17)14-19(18-10-12-22-13-11-18)15-23-20(24)25-21(2,3)4/h5-9,16,18-19,22H,10-15H2,1-4H3,(H,23,24). The molecule has 0 saturated carbocycles. The van der Waals surface area contributed by atoms with Crippen LogP contribution in [0, 0.1) is 11.8 Å². The average molecular weight is 347 g/mol. The molecular formula is C21H34N2O2. The molecule has 2 rings (SSSR count). The van der Waals surface area contributed by atoms with Crippen molar-refractivity contribution in [3.63, 3.8) is 0 Å². The summed E-state index contributed by atoms with van der Waals surface area (Å²) in [5, 5.41) is 6.45. The zero-order valence-electron chi connectivity index (χ0n) is 16.2. The number of ether oxygens (including phenoxy) is 1. The van der Waals surface area contributed by atoms with E-state index in [0.717, 1.165) is 19.5 Å². The van der Waals surface area contributed by atoms with Crippen LogP contribution in [0.4, 0.5) is 4.79 Å². The number of nitrogens with one attached hydrogen (secondary N) is 2. The maximum atomic E-state index is 12.1. The monoisotopic (exact) mass is 346 g/mol. The zero-order chi connectivity index (χ0) is 18.3. The van der Waals surface area contributed by atoms with E-state index >= 15 is 0 Å². The van der Waals surface area contributed by atoms with Crippen molar-refractivity contribution in [3.8, 4) is 0 Å². The summed E-state index contributed by atoms with van der Waals surface area (Å²) in [4.78, 5) is 12.1. The Morgan fingerprint density at radius 3 is 2.48 bits per heavy atom. The van der Waals surface area contributed by atoms with Crippen molar-refractivity contribution in [2.45, 2.75) is 58.5 Å². The predicted octanol–water partition coefficient (Wildman–Crippen LogP) is 4.32. The SMILES string of the molecule is CC(CC(CNC(=O)OC(C)(C)C)C1CCNCC1)c1ccccc1. The summed E-state index contributed by atoms with van der Waals surface area (Å²) < 4.78 is 5.40. The van der Waals surface area contributed by atoms with Crippen LogP contribution in [0.2, 0.25) is 0 Å². The van der Waals surface area contributed by atoms with Crippen molar-refractivity contribution in [2.75, 3.05) is 19.6 Å². The number of rotatable bonds is 6. The molecule has 0 aromatic heterocycles. The summed E-state index contributed by atoms with van der Waals surface area (Å²) in [6.07, 6.45) is 3.15. The Hall–Kier alpha value is -1.55. The van der Waals surface area contributed by atoms with Gasteiger partial charge in [-0.05, 0) is 76.4 Å². The van der Waals surface area contributed by atoms with Crippen molar-refractivity contribution in [1.82, 2.24) is 10.6 Å². The number of hydrogen-bond donors (Lipinski definition) is 2. The molecule has 140 valence electrons. The Labute approximate surface area is 152 Å². The largest absolute Gasteiger partial charge is 0.444 e. The minimum absolute atomic E-state index is 0.307. The predicted molar refractivity (Wildman–Crippen MR) is 103 cm³/mol. The van der Waals surface area contributed by atoms with Gasteiger partial charge in [0.1, 0.15) is 5.60 Å². The number of piperidine rings is 1. The molecule has 1 fully saturated rings. The van der Waals surface area contributed by atoms with Crippen LogP contribution in [0.5, 0.6) is 0 Å². The molecule has 25 heavy (non-hydrogen) atoms. The molecule has 1 heterocycles. The average Bonchev–Trinajstić information content (AvgIpc) is 2.58. The highest BCUT2D eigenvalue weighted by Gasteiger charge is 2.27. The van der Waals surface area contributed by atoms with E-state index in [1.165, 1.54) is 18.4 Å². The van der Waals surface area contributed by atoms with Crippen LogP contribution < -0.4 is 10.6 Å². The molecule has 1 saturated heterocycles. The third kappa shape index (κ3) is 7.07. The second-order valence-electron chi connectivity index (χ2n) is 8.28. The number of alkyl carbamates (subject to hydrolysis) is 1. The first-order valence-electron chi connectivity index (χ1n) is 9.57. The van der Waals surface area contributed by atoms with Gasteiger partial charge in [-0.2, -0.15) is 0 Å². The molecule has 0 bridgehead atoms. The minimum Gasteiger partial charge on any atom is -0.444 e.